The van der Waals surface area contributed by atoms with Crippen molar-refractivity contribution >= 4 is 5.91 Å². The van der Waals surface area contributed by atoms with E-state index in [2.05, 4.69) is 41.5 Å². The lowest BCUT2D eigenvalue weighted by molar-refractivity contribution is -0.123. The van der Waals surface area contributed by atoms with Gasteiger partial charge in [-0.05, 0) is 25.0 Å². The Morgan fingerprint density at radius 3 is 3.00 bits per heavy atom. The Morgan fingerprint density at radius 1 is 1.47 bits per heavy atom. The van der Waals surface area contributed by atoms with E-state index in [-0.39, 0.29) is 5.91 Å². The first-order chi connectivity index (χ1) is 9.16. The van der Waals surface area contributed by atoms with Gasteiger partial charge in [0.15, 0.2) is 0 Å². The zero-order chi connectivity index (χ0) is 13.7. The van der Waals surface area contributed by atoms with Crippen LogP contribution in [0.2, 0.25) is 0 Å². The van der Waals surface area contributed by atoms with Crippen molar-refractivity contribution in [2.24, 2.45) is 0 Å². The first-order valence-electron chi connectivity index (χ1n) is 6.93. The summed E-state index contributed by atoms with van der Waals surface area (Å²) in [6, 6.07) is 8.58. The van der Waals surface area contributed by atoms with Gasteiger partial charge in [0.25, 0.3) is 0 Å². The number of hydrogen-bond acceptors (Lipinski definition) is 3. The van der Waals surface area contributed by atoms with E-state index in [0.717, 1.165) is 19.6 Å². The van der Waals surface area contributed by atoms with Crippen LogP contribution in [0.4, 0.5) is 0 Å². The van der Waals surface area contributed by atoms with Crippen LogP contribution in [0.15, 0.2) is 24.3 Å². The molecule has 104 valence electrons. The summed E-state index contributed by atoms with van der Waals surface area (Å²) >= 11 is 0. The lowest BCUT2D eigenvalue weighted by Crippen LogP contribution is -2.52. The Hall–Kier alpha value is -1.39. The second kappa shape index (κ2) is 6.68. The molecular weight excluding hydrogens is 238 g/mol. The molecule has 1 atom stereocenters. The van der Waals surface area contributed by atoms with E-state index in [1.54, 1.807) is 0 Å². The van der Waals surface area contributed by atoms with Gasteiger partial charge in [0.05, 0.1) is 6.54 Å². The number of nitrogens with one attached hydrogen (secondary N) is 2. The number of carbonyl (C=O) groups excluding carboxylic acids is 1. The molecule has 4 nitrogen and oxygen atoms in total. The Morgan fingerprint density at radius 2 is 2.26 bits per heavy atom. The Balaban J connectivity index is 1.80. The van der Waals surface area contributed by atoms with Crippen molar-refractivity contribution < 1.29 is 4.79 Å². The molecular formula is C15H23N3O. The van der Waals surface area contributed by atoms with Crippen molar-refractivity contribution in [2.75, 3.05) is 26.2 Å². The smallest absolute Gasteiger partial charge is 0.234 e. The SMILES string of the molecule is Cc1ccccc1CNC(=O)CN1CCNC[C@@H]1C. The van der Waals surface area contributed by atoms with E-state index in [1.165, 1.54) is 11.1 Å². The number of aryl methyl sites for hydroxylation is 1. The Kier molecular flexibility index (Phi) is 4.93. The van der Waals surface area contributed by atoms with Gasteiger partial charge >= 0.3 is 0 Å². The zero-order valence-electron chi connectivity index (χ0n) is 11.8. The van der Waals surface area contributed by atoms with E-state index in [1.807, 2.05) is 12.1 Å². The van der Waals surface area contributed by atoms with Crippen molar-refractivity contribution in [3.05, 3.63) is 35.4 Å². The molecule has 1 fully saturated rings. The average molecular weight is 261 g/mol. The first kappa shape index (κ1) is 14.0. The molecule has 0 saturated carbocycles. The summed E-state index contributed by atoms with van der Waals surface area (Å²) in [5.74, 6) is 0.108. The van der Waals surface area contributed by atoms with Crippen molar-refractivity contribution in [1.29, 1.82) is 0 Å². The molecule has 4 heteroatoms. The molecule has 0 unspecified atom stereocenters. The molecule has 0 bridgehead atoms. The highest BCUT2D eigenvalue weighted by molar-refractivity contribution is 5.78. The molecule has 1 saturated heterocycles. The van der Waals surface area contributed by atoms with Gasteiger partial charge in [-0.2, -0.15) is 0 Å². The largest absolute Gasteiger partial charge is 0.351 e. The summed E-state index contributed by atoms with van der Waals surface area (Å²) in [5.41, 5.74) is 2.41. The third-order valence-corrected chi connectivity index (χ3v) is 3.72. The molecule has 1 heterocycles. The van der Waals surface area contributed by atoms with Gasteiger partial charge in [0.1, 0.15) is 0 Å². The van der Waals surface area contributed by atoms with E-state index in [4.69, 9.17) is 0 Å². The highest BCUT2D eigenvalue weighted by atomic mass is 16.2. The maximum absolute atomic E-state index is 12.0. The molecule has 1 amide bonds. The summed E-state index contributed by atoms with van der Waals surface area (Å²) in [6.45, 7) is 8.21. The van der Waals surface area contributed by atoms with Crippen LogP contribution in [0.5, 0.6) is 0 Å². The van der Waals surface area contributed by atoms with E-state index in [0.29, 0.717) is 19.1 Å². The topological polar surface area (TPSA) is 44.4 Å². The fraction of sp³-hybridized carbons (Fsp3) is 0.533. The van der Waals surface area contributed by atoms with Crippen LogP contribution in [-0.2, 0) is 11.3 Å². The lowest BCUT2D eigenvalue weighted by atomic mass is 10.1. The maximum Gasteiger partial charge on any atom is 0.234 e. The minimum atomic E-state index is 0.108. The van der Waals surface area contributed by atoms with Gasteiger partial charge in [-0.15, -0.1) is 0 Å². The van der Waals surface area contributed by atoms with E-state index in [9.17, 15) is 4.79 Å². The van der Waals surface area contributed by atoms with Crippen LogP contribution in [0.3, 0.4) is 0 Å². The molecule has 2 N–H and O–H groups in total. The highest BCUT2D eigenvalue weighted by Gasteiger charge is 2.19. The van der Waals surface area contributed by atoms with Gasteiger partial charge in [-0.1, -0.05) is 24.3 Å². The van der Waals surface area contributed by atoms with Crippen LogP contribution in [-0.4, -0.2) is 43.0 Å². The van der Waals surface area contributed by atoms with Crippen molar-refractivity contribution in [2.45, 2.75) is 26.4 Å². The highest BCUT2D eigenvalue weighted by Crippen LogP contribution is 2.06. The summed E-state index contributed by atoms with van der Waals surface area (Å²) in [4.78, 5) is 14.2. The lowest BCUT2D eigenvalue weighted by Gasteiger charge is -2.33. The van der Waals surface area contributed by atoms with Crippen molar-refractivity contribution in [3.63, 3.8) is 0 Å². The van der Waals surface area contributed by atoms with Gasteiger partial charge in [0, 0.05) is 32.2 Å². The standard InChI is InChI=1S/C15H23N3O/c1-12-5-3-4-6-14(12)10-17-15(19)11-18-8-7-16-9-13(18)2/h3-6,13,16H,7-11H2,1-2H3,(H,17,19)/t13-/m0/s1. The van der Waals surface area contributed by atoms with E-state index >= 15 is 0 Å². The summed E-state index contributed by atoms with van der Waals surface area (Å²) in [5, 5.41) is 6.34. The molecule has 0 radical (unpaired) electrons. The molecule has 19 heavy (non-hydrogen) atoms. The summed E-state index contributed by atoms with van der Waals surface area (Å²) < 4.78 is 0. The zero-order valence-corrected chi connectivity index (χ0v) is 11.8. The fourth-order valence-electron chi connectivity index (χ4n) is 2.36. The van der Waals surface area contributed by atoms with Crippen molar-refractivity contribution in [1.82, 2.24) is 15.5 Å². The number of hydrogen-bond donors (Lipinski definition) is 2. The second-order valence-electron chi connectivity index (χ2n) is 5.23. The molecule has 0 aliphatic carbocycles. The molecule has 1 aromatic carbocycles. The van der Waals surface area contributed by atoms with Gasteiger partial charge in [-0.25, -0.2) is 0 Å². The number of rotatable bonds is 4. The minimum Gasteiger partial charge on any atom is -0.351 e. The third-order valence-electron chi connectivity index (χ3n) is 3.72. The Bertz CT molecular complexity index is 433. The summed E-state index contributed by atoms with van der Waals surface area (Å²) in [6.07, 6.45) is 0. The second-order valence-corrected chi connectivity index (χ2v) is 5.23. The van der Waals surface area contributed by atoms with Crippen LogP contribution in [0.25, 0.3) is 0 Å². The third kappa shape index (κ3) is 4.04. The summed E-state index contributed by atoms with van der Waals surface area (Å²) in [7, 11) is 0. The fourth-order valence-corrected chi connectivity index (χ4v) is 2.36. The molecule has 1 aliphatic heterocycles. The van der Waals surface area contributed by atoms with Crippen LogP contribution in [0.1, 0.15) is 18.1 Å². The number of carbonyl (C=O) groups is 1. The molecule has 0 aromatic heterocycles. The van der Waals surface area contributed by atoms with Crippen LogP contribution < -0.4 is 10.6 Å². The van der Waals surface area contributed by atoms with Crippen molar-refractivity contribution in [3.8, 4) is 0 Å². The number of piperazine rings is 1. The average Bonchev–Trinajstić information content (AvgIpc) is 2.40. The van der Waals surface area contributed by atoms with Crippen LogP contribution in [0, 0.1) is 6.92 Å². The molecule has 0 spiro atoms. The molecule has 1 aromatic rings. The van der Waals surface area contributed by atoms with E-state index < -0.39 is 0 Å². The quantitative estimate of drug-likeness (QED) is 0.846. The number of amides is 1. The maximum atomic E-state index is 12.0. The molecule has 2 rings (SSSR count). The number of nitrogens with zero attached hydrogens (tertiary/aromatic N) is 1. The molecule has 1 aliphatic rings. The first-order valence-corrected chi connectivity index (χ1v) is 6.93. The van der Waals surface area contributed by atoms with Gasteiger partial charge < -0.3 is 10.6 Å². The van der Waals surface area contributed by atoms with Gasteiger partial charge in [-0.3, -0.25) is 9.69 Å². The minimum absolute atomic E-state index is 0.108. The normalized spacial score (nSPS) is 20.2. The van der Waals surface area contributed by atoms with Crippen LogP contribution >= 0.6 is 0 Å². The number of benzene rings is 1. The Labute approximate surface area is 115 Å². The monoisotopic (exact) mass is 261 g/mol. The predicted molar refractivity (Wildman–Crippen MR) is 76.9 cm³/mol. The predicted octanol–water partition coefficient (Wildman–Crippen LogP) is 0.905. The van der Waals surface area contributed by atoms with Gasteiger partial charge in [0.2, 0.25) is 5.91 Å².